The van der Waals surface area contributed by atoms with E-state index >= 15 is 0 Å². The molecule has 5 nitrogen and oxygen atoms in total. The average Bonchev–Trinajstić information content (AvgIpc) is 3.19. The van der Waals surface area contributed by atoms with Crippen molar-refractivity contribution >= 4 is 11.6 Å². The van der Waals surface area contributed by atoms with Crippen molar-refractivity contribution in [3.05, 3.63) is 88.0 Å². The highest BCUT2D eigenvalue weighted by molar-refractivity contribution is 6.31. The van der Waals surface area contributed by atoms with E-state index in [9.17, 15) is 10.2 Å². The standard InChI is InChI=1S/C25H25ClN2O3/c1-28-14-21(27-16-28)8-6-17-2-4-18(5-3-17)10-20-11-19(7-9-24(20)26)25-13-22(30)12-23(15-29)31-25/h2-5,7,9,11,14,16,22-23,25,29-30H,10,12-13,15H2,1H3/t22?,23-,25+/m0/s1. The third kappa shape index (κ3) is 5.55. The number of halogens is 1. The lowest BCUT2D eigenvalue weighted by atomic mass is 9.94. The maximum Gasteiger partial charge on any atom is 0.131 e. The molecule has 2 N–H and O–H groups in total. The Morgan fingerprint density at radius 3 is 2.68 bits per heavy atom. The molecular formula is C25H25ClN2O3. The normalized spacial score (nSPS) is 20.8. The highest BCUT2D eigenvalue weighted by Crippen LogP contribution is 2.33. The van der Waals surface area contributed by atoms with Crippen LogP contribution in [0.1, 0.15) is 46.9 Å². The summed E-state index contributed by atoms with van der Waals surface area (Å²) < 4.78 is 7.81. The molecule has 1 saturated heterocycles. The van der Waals surface area contributed by atoms with Gasteiger partial charge in [0, 0.05) is 36.7 Å². The minimum atomic E-state index is -0.477. The van der Waals surface area contributed by atoms with E-state index in [0.29, 0.717) is 24.3 Å². The summed E-state index contributed by atoms with van der Waals surface area (Å²) in [6, 6.07) is 13.9. The second-order valence-corrected chi connectivity index (χ2v) is 8.36. The van der Waals surface area contributed by atoms with Gasteiger partial charge in [-0.1, -0.05) is 41.8 Å². The van der Waals surface area contributed by atoms with Gasteiger partial charge in [0.05, 0.1) is 31.2 Å². The Hall–Kier alpha value is -2.62. The van der Waals surface area contributed by atoms with E-state index < -0.39 is 6.10 Å². The number of nitrogens with zero attached hydrogens (tertiary/aromatic N) is 2. The number of aryl methyl sites for hydroxylation is 1. The van der Waals surface area contributed by atoms with Gasteiger partial charge in [0.15, 0.2) is 0 Å². The molecule has 4 rings (SSSR count). The summed E-state index contributed by atoms with van der Waals surface area (Å²) >= 11 is 6.46. The minimum Gasteiger partial charge on any atom is -0.394 e. The molecule has 160 valence electrons. The number of hydrogen-bond acceptors (Lipinski definition) is 4. The van der Waals surface area contributed by atoms with Crippen LogP contribution in [0.5, 0.6) is 0 Å². The van der Waals surface area contributed by atoms with Crippen molar-refractivity contribution in [1.82, 2.24) is 9.55 Å². The highest BCUT2D eigenvalue weighted by atomic mass is 35.5. The fourth-order valence-electron chi connectivity index (χ4n) is 3.79. The quantitative estimate of drug-likeness (QED) is 0.613. The lowest BCUT2D eigenvalue weighted by Crippen LogP contribution is -2.33. The first-order chi connectivity index (χ1) is 15.0. The summed E-state index contributed by atoms with van der Waals surface area (Å²) in [5.41, 5.74) is 4.76. The lowest BCUT2D eigenvalue weighted by molar-refractivity contribution is -0.113. The van der Waals surface area contributed by atoms with Gasteiger partial charge in [0.25, 0.3) is 0 Å². The zero-order valence-electron chi connectivity index (χ0n) is 17.3. The average molecular weight is 437 g/mol. The van der Waals surface area contributed by atoms with Crippen molar-refractivity contribution in [2.24, 2.45) is 7.05 Å². The summed E-state index contributed by atoms with van der Waals surface area (Å²) in [6.07, 6.45) is 4.20. The molecule has 31 heavy (non-hydrogen) atoms. The van der Waals surface area contributed by atoms with Crippen LogP contribution < -0.4 is 0 Å². The maximum atomic E-state index is 10.1. The summed E-state index contributed by atoms with van der Waals surface area (Å²) in [7, 11) is 1.92. The van der Waals surface area contributed by atoms with E-state index in [1.54, 1.807) is 6.33 Å². The molecule has 0 bridgehead atoms. The van der Waals surface area contributed by atoms with Crippen LogP contribution in [0.3, 0.4) is 0 Å². The lowest BCUT2D eigenvalue weighted by Gasteiger charge is -2.32. The molecule has 2 aromatic carbocycles. The van der Waals surface area contributed by atoms with Crippen LogP contribution in [-0.4, -0.2) is 38.6 Å². The van der Waals surface area contributed by atoms with Gasteiger partial charge >= 0.3 is 0 Å². The van der Waals surface area contributed by atoms with Gasteiger partial charge in [-0.3, -0.25) is 0 Å². The largest absolute Gasteiger partial charge is 0.394 e. The van der Waals surface area contributed by atoms with Crippen LogP contribution in [0.2, 0.25) is 5.02 Å². The predicted octanol–water partition coefficient (Wildman–Crippen LogP) is 3.64. The Kier molecular flexibility index (Phi) is 6.74. The summed E-state index contributed by atoms with van der Waals surface area (Å²) in [5, 5.41) is 20.2. The van der Waals surface area contributed by atoms with E-state index in [1.165, 1.54) is 0 Å². The molecule has 2 heterocycles. The zero-order valence-corrected chi connectivity index (χ0v) is 18.1. The van der Waals surface area contributed by atoms with Crippen molar-refractivity contribution in [1.29, 1.82) is 0 Å². The number of aromatic nitrogens is 2. The molecule has 1 fully saturated rings. The van der Waals surface area contributed by atoms with Crippen molar-refractivity contribution < 1.29 is 14.9 Å². The van der Waals surface area contributed by atoms with Crippen molar-refractivity contribution in [3.8, 4) is 11.8 Å². The van der Waals surface area contributed by atoms with Crippen molar-refractivity contribution in [3.63, 3.8) is 0 Å². The molecule has 0 saturated carbocycles. The van der Waals surface area contributed by atoms with Gasteiger partial charge in [-0.15, -0.1) is 0 Å². The Morgan fingerprint density at radius 2 is 1.97 bits per heavy atom. The first kappa shape index (κ1) is 21.6. The van der Waals surface area contributed by atoms with E-state index in [1.807, 2.05) is 60.3 Å². The van der Waals surface area contributed by atoms with Crippen molar-refractivity contribution in [2.75, 3.05) is 6.61 Å². The summed E-state index contributed by atoms with van der Waals surface area (Å²) in [4.78, 5) is 4.21. The fourth-order valence-corrected chi connectivity index (χ4v) is 3.98. The van der Waals surface area contributed by atoms with E-state index in [2.05, 4.69) is 16.8 Å². The smallest absolute Gasteiger partial charge is 0.131 e. The van der Waals surface area contributed by atoms with E-state index in [-0.39, 0.29) is 18.8 Å². The second kappa shape index (κ2) is 9.67. The van der Waals surface area contributed by atoms with Gasteiger partial charge in [0.2, 0.25) is 0 Å². The molecule has 1 aromatic heterocycles. The molecule has 6 heteroatoms. The van der Waals surface area contributed by atoms with Gasteiger partial charge in [-0.25, -0.2) is 4.98 Å². The molecule has 0 amide bonds. The molecule has 3 aromatic rings. The number of aliphatic hydroxyl groups is 2. The summed E-state index contributed by atoms with van der Waals surface area (Å²) in [5.74, 6) is 6.19. The molecule has 3 atom stereocenters. The number of hydrogen-bond donors (Lipinski definition) is 2. The molecule has 1 aliphatic rings. The molecule has 0 spiro atoms. The van der Waals surface area contributed by atoms with E-state index in [4.69, 9.17) is 16.3 Å². The second-order valence-electron chi connectivity index (χ2n) is 7.95. The van der Waals surface area contributed by atoms with Crippen LogP contribution in [0.25, 0.3) is 0 Å². The van der Waals surface area contributed by atoms with Crippen molar-refractivity contribution in [2.45, 2.75) is 37.6 Å². The Labute approximate surface area is 187 Å². The third-order valence-electron chi connectivity index (χ3n) is 5.41. The van der Waals surface area contributed by atoms with Gasteiger partial charge in [-0.05, 0) is 47.2 Å². The number of imidazole rings is 1. The van der Waals surface area contributed by atoms with Crippen LogP contribution in [0.4, 0.5) is 0 Å². The van der Waals surface area contributed by atoms with E-state index in [0.717, 1.165) is 27.9 Å². The van der Waals surface area contributed by atoms with Gasteiger partial charge < -0.3 is 19.5 Å². The summed E-state index contributed by atoms with van der Waals surface area (Å²) in [6.45, 7) is -0.0937. The predicted molar refractivity (Wildman–Crippen MR) is 120 cm³/mol. The number of benzene rings is 2. The third-order valence-corrected chi connectivity index (χ3v) is 5.78. The van der Waals surface area contributed by atoms with Crippen LogP contribution in [0.15, 0.2) is 55.0 Å². The van der Waals surface area contributed by atoms with Gasteiger partial charge in [-0.2, -0.15) is 0 Å². The number of rotatable bonds is 4. The van der Waals surface area contributed by atoms with Crippen LogP contribution in [-0.2, 0) is 18.2 Å². The molecule has 0 radical (unpaired) electrons. The zero-order chi connectivity index (χ0) is 21.8. The molecular weight excluding hydrogens is 412 g/mol. The molecule has 0 aliphatic carbocycles. The molecule has 1 unspecified atom stereocenters. The SMILES string of the molecule is Cn1cnc(C#Cc2ccc(Cc3cc([C@H]4CC(O)C[C@@H](CO)O4)ccc3Cl)cc2)c1. The first-order valence-corrected chi connectivity index (χ1v) is 10.7. The maximum absolute atomic E-state index is 10.1. The number of aliphatic hydroxyl groups excluding tert-OH is 2. The number of ether oxygens (including phenoxy) is 1. The molecule has 1 aliphatic heterocycles. The van der Waals surface area contributed by atoms with Crippen LogP contribution >= 0.6 is 11.6 Å². The first-order valence-electron chi connectivity index (χ1n) is 10.3. The van der Waals surface area contributed by atoms with Crippen LogP contribution in [0, 0.1) is 11.8 Å². The van der Waals surface area contributed by atoms with Gasteiger partial charge in [0.1, 0.15) is 5.69 Å². The minimum absolute atomic E-state index is 0.0937. The fraction of sp³-hybridized carbons (Fsp3) is 0.320. The highest BCUT2D eigenvalue weighted by Gasteiger charge is 2.29. The monoisotopic (exact) mass is 436 g/mol. The Bertz CT molecular complexity index is 1100. The Morgan fingerprint density at radius 1 is 1.16 bits per heavy atom. The Balaban J connectivity index is 1.48. The topological polar surface area (TPSA) is 67.5 Å².